The van der Waals surface area contributed by atoms with E-state index in [1.807, 2.05) is 38.1 Å². The van der Waals surface area contributed by atoms with Gasteiger partial charge in [-0.05, 0) is 61.4 Å². The maximum atomic E-state index is 12.6. The Hall–Kier alpha value is -3.69. The summed E-state index contributed by atoms with van der Waals surface area (Å²) in [6.45, 7) is 3.81. The molecular formula is C23H17ClN4O2. The number of aryl methyl sites for hydroxylation is 2. The number of nitriles is 1. The lowest BCUT2D eigenvalue weighted by Crippen LogP contribution is -2.12. The predicted octanol–water partition coefficient (Wildman–Crippen LogP) is 4.81. The third-order valence-corrected chi connectivity index (χ3v) is 5.13. The monoisotopic (exact) mass is 416 g/mol. The van der Waals surface area contributed by atoms with Gasteiger partial charge in [0, 0.05) is 10.9 Å². The molecule has 30 heavy (non-hydrogen) atoms. The van der Waals surface area contributed by atoms with E-state index in [1.165, 1.54) is 0 Å². The van der Waals surface area contributed by atoms with Gasteiger partial charge < -0.3 is 9.72 Å². The van der Waals surface area contributed by atoms with Crippen LogP contribution in [-0.4, -0.2) is 22.1 Å². The van der Waals surface area contributed by atoms with E-state index in [9.17, 15) is 10.1 Å². The van der Waals surface area contributed by atoms with Gasteiger partial charge in [0.25, 0.3) is 5.56 Å². The van der Waals surface area contributed by atoms with Crippen molar-refractivity contribution < 1.29 is 4.74 Å². The Bertz CT molecular complexity index is 1450. The van der Waals surface area contributed by atoms with Crippen molar-refractivity contribution in [1.29, 1.82) is 5.26 Å². The molecule has 4 rings (SSSR count). The summed E-state index contributed by atoms with van der Waals surface area (Å²) in [6.07, 6.45) is 1.57. The maximum Gasteiger partial charge on any atom is 0.259 e. The Labute approximate surface area is 177 Å². The smallest absolute Gasteiger partial charge is 0.259 e. The molecule has 0 radical (unpaired) electrons. The zero-order valence-corrected chi connectivity index (χ0v) is 17.3. The molecule has 6 nitrogen and oxygen atoms in total. The molecule has 1 N–H and O–H groups in total. The summed E-state index contributed by atoms with van der Waals surface area (Å²) < 4.78 is 5.26. The number of pyridine rings is 1. The van der Waals surface area contributed by atoms with E-state index < -0.39 is 0 Å². The number of rotatable bonds is 3. The molecule has 0 saturated carbocycles. The summed E-state index contributed by atoms with van der Waals surface area (Å²) in [7, 11) is 1.59. The highest BCUT2D eigenvalue weighted by Gasteiger charge is 2.12. The first-order chi connectivity index (χ1) is 14.4. The van der Waals surface area contributed by atoms with Crippen molar-refractivity contribution >= 4 is 45.1 Å². The van der Waals surface area contributed by atoms with Crippen LogP contribution in [0.2, 0.25) is 5.15 Å². The Morgan fingerprint density at radius 1 is 1.20 bits per heavy atom. The number of nitrogens with one attached hydrogen (secondary N) is 1. The number of aromatic nitrogens is 3. The van der Waals surface area contributed by atoms with Crippen molar-refractivity contribution in [2.75, 3.05) is 7.11 Å². The predicted molar refractivity (Wildman–Crippen MR) is 119 cm³/mol. The third-order valence-electron chi connectivity index (χ3n) is 4.82. The second-order valence-electron chi connectivity index (χ2n) is 6.99. The molecule has 4 aromatic rings. The third kappa shape index (κ3) is 3.51. The number of benzene rings is 2. The molecular weight excluding hydrogens is 400 g/mol. The lowest BCUT2D eigenvalue weighted by atomic mass is 10.1. The highest BCUT2D eigenvalue weighted by atomic mass is 35.5. The van der Waals surface area contributed by atoms with Crippen LogP contribution >= 0.6 is 11.6 Å². The van der Waals surface area contributed by atoms with Gasteiger partial charge in [-0.1, -0.05) is 17.7 Å². The summed E-state index contributed by atoms with van der Waals surface area (Å²) in [5, 5.41) is 11.3. The van der Waals surface area contributed by atoms with Gasteiger partial charge in [-0.25, -0.2) is 9.97 Å². The molecule has 0 unspecified atom stereocenters. The van der Waals surface area contributed by atoms with Gasteiger partial charge in [-0.3, -0.25) is 4.79 Å². The van der Waals surface area contributed by atoms with Gasteiger partial charge in [0.05, 0.1) is 29.1 Å². The first-order valence-electron chi connectivity index (χ1n) is 9.17. The lowest BCUT2D eigenvalue weighted by Gasteiger charge is -2.07. The van der Waals surface area contributed by atoms with Gasteiger partial charge in [-0.2, -0.15) is 5.26 Å². The number of halogens is 1. The first kappa shape index (κ1) is 19.6. The van der Waals surface area contributed by atoms with Gasteiger partial charge >= 0.3 is 0 Å². The van der Waals surface area contributed by atoms with Gasteiger partial charge in [-0.15, -0.1) is 0 Å². The SMILES string of the molecule is COc1ccc2nc(Cl)c(/C=C(\C#N)c3nc4c(C)cc(C)cc4c(=O)[nH]3)cc2c1. The van der Waals surface area contributed by atoms with Crippen LogP contribution in [0.3, 0.4) is 0 Å². The summed E-state index contributed by atoms with van der Waals surface area (Å²) >= 11 is 6.35. The van der Waals surface area contributed by atoms with Crippen LogP contribution < -0.4 is 10.3 Å². The molecule has 0 bridgehead atoms. The molecule has 0 amide bonds. The number of ether oxygens (including phenoxy) is 1. The average molecular weight is 417 g/mol. The van der Waals surface area contributed by atoms with Crippen molar-refractivity contribution in [3.63, 3.8) is 0 Å². The molecule has 2 aromatic heterocycles. The molecule has 0 aliphatic rings. The Balaban J connectivity index is 1.90. The van der Waals surface area contributed by atoms with E-state index >= 15 is 0 Å². The van der Waals surface area contributed by atoms with Gasteiger partial charge in [0.1, 0.15) is 17.0 Å². The molecule has 2 heterocycles. The molecule has 0 fully saturated rings. The number of fused-ring (bicyclic) bond motifs is 2. The van der Waals surface area contributed by atoms with E-state index in [2.05, 4.69) is 21.0 Å². The van der Waals surface area contributed by atoms with Gasteiger partial charge in [0.15, 0.2) is 5.82 Å². The van der Waals surface area contributed by atoms with Crippen LogP contribution in [0, 0.1) is 25.2 Å². The van der Waals surface area contributed by atoms with Crippen LogP contribution in [0.1, 0.15) is 22.5 Å². The van der Waals surface area contributed by atoms with Crippen molar-refractivity contribution in [1.82, 2.24) is 15.0 Å². The lowest BCUT2D eigenvalue weighted by molar-refractivity contribution is 0.415. The van der Waals surface area contributed by atoms with Crippen molar-refractivity contribution in [2.45, 2.75) is 13.8 Å². The summed E-state index contributed by atoms with van der Waals surface area (Å²) in [5.41, 5.74) is 3.54. The average Bonchev–Trinajstić information content (AvgIpc) is 2.72. The maximum absolute atomic E-state index is 12.6. The fraction of sp³-hybridized carbons (Fsp3) is 0.130. The fourth-order valence-corrected chi connectivity index (χ4v) is 3.61. The molecule has 0 saturated heterocycles. The van der Waals surface area contributed by atoms with Crippen molar-refractivity contribution in [3.05, 3.63) is 74.4 Å². The van der Waals surface area contributed by atoms with Gasteiger partial charge in [0.2, 0.25) is 0 Å². The van der Waals surface area contributed by atoms with Crippen molar-refractivity contribution in [2.24, 2.45) is 0 Å². The van der Waals surface area contributed by atoms with Crippen LogP contribution in [0.25, 0.3) is 33.5 Å². The quantitative estimate of drug-likeness (QED) is 0.382. The van der Waals surface area contributed by atoms with Crippen LogP contribution in [0.5, 0.6) is 5.75 Å². The van der Waals surface area contributed by atoms with Crippen LogP contribution in [0.15, 0.2) is 41.2 Å². The molecule has 0 atom stereocenters. The Kier molecular flexibility index (Phi) is 4.98. The van der Waals surface area contributed by atoms with Crippen molar-refractivity contribution in [3.8, 4) is 11.8 Å². The minimum Gasteiger partial charge on any atom is -0.497 e. The molecule has 0 aliphatic heterocycles. The largest absolute Gasteiger partial charge is 0.497 e. The number of allylic oxidation sites excluding steroid dienone is 1. The highest BCUT2D eigenvalue weighted by Crippen LogP contribution is 2.27. The zero-order valence-electron chi connectivity index (χ0n) is 16.6. The number of hydrogen-bond donors (Lipinski definition) is 1. The summed E-state index contributed by atoms with van der Waals surface area (Å²) in [4.78, 5) is 24.2. The minimum absolute atomic E-state index is 0.180. The van der Waals surface area contributed by atoms with E-state index in [4.69, 9.17) is 16.3 Å². The normalized spacial score (nSPS) is 11.6. The van der Waals surface area contributed by atoms with Crippen LogP contribution in [-0.2, 0) is 0 Å². The molecule has 7 heteroatoms. The summed E-state index contributed by atoms with van der Waals surface area (Å²) in [6, 6.07) is 13.1. The summed E-state index contributed by atoms with van der Waals surface area (Å²) in [5.74, 6) is 0.872. The second-order valence-corrected chi connectivity index (χ2v) is 7.35. The number of hydrogen-bond acceptors (Lipinski definition) is 5. The number of methoxy groups -OCH3 is 1. The Morgan fingerprint density at radius 3 is 2.73 bits per heavy atom. The number of H-pyrrole nitrogens is 1. The molecule has 2 aromatic carbocycles. The molecule has 0 aliphatic carbocycles. The molecule has 0 spiro atoms. The van der Waals surface area contributed by atoms with E-state index in [-0.39, 0.29) is 22.1 Å². The van der Waals surface area contributed by atoms with E-state index in [0.29, 0.717) is 27.7 Å². The number of aromatic amines is 1. The number of nitrogens with zero attached hydrogens (tertiary/aromatic N) is 3. The first-order valence-corrected chi connectivity index (χ1v) is 9.55. The van der Waals surface area contributed by atoms with Crippen LogP contribution in [0.4, 0.5) is 0 Å². The minimum atomic E-state index is -0.296. The van der Waals surface area contributed by atoms with E-state index in [1.54, 1.807) is 25.3 Å². The topological polar surface area (TPSA) is 91.7 Å². The van der Waals surface area contributed by atoms with E-state index in [0.717, 1.165) is 16.5 Å². The molecule has 148 valence electrons. The second kappa shape index (κ2) is 7.62. The standard InChI is InChI=1S/C23H17ClN4O2/c1-12-6-13(2)20-18(7-12)23(29)28-22(27-20)16(11-25)9-15-8-14-10-17(30-3)4-5-19(14)26-21(15)24/h4-10H,1-3H3,(H,27,28,29)/b16-9+. The fourth-order valence-electron chi connectivity index (χ4n) is 3.41. The zero-order chi connectivity index (χ0) is 21.4. The highest BCUT2D eigenvalue weighted by molar-refractivity contribution is 6.31. The Morgan fingerprint density at radius 2 is 2.00 bits per heavy atom.